The highest BCUT2D eigenvalue weighted by atomic mass is 19.1. The second kappa shape index (κ2) is 11.4. The summed E-state index contributed by atoms with van der Waals surface area (Å²) in [4.78, 5) is 31.9. The molecule has 0 unspecified atom stereocenters. The summed E-state index contributed by atoms with van der Waals surface area (Å²) in [5.74, 6) is -1.06. The number of rotatable bonds is 10. The van der Waals surface area contributed by atoms with Gasteiger partial charge in [-0.25, -0.2) is 9.18 Å². The maximum atomic E-state index is 15.9. The number of aryl methyl sites for hydroxylation is 1. The van der Waals surface area contributed by atoms with Crippen LogP contribution in [-0.2, 0) is 16.0 Å². The van der Waals surface area contributed by atoms with Crippen molar-refractivity contribution < 1.29 is 19.0 Å². The van der Waals surface area contributed by atoms with Crippen LogP contribution in [0.3, 0.4) is 0 Å². The smallest absolute Gasteiger partial charge is 0.348 e. The summed E-state index contributed by atoms with van der Waals surface area (Å²) in [5.41, 5.74) is 13.4. The zero-order valence-corrected chi connectivity index (χ0v) is 18.9. The van der Waals surface area contributed by atoms with Crippen molar-refractivity contribution in [2.45, 2.75) is 77.2 Å². The predicted octanol–water partition coefficient (Wildman–Crippen LogP) is 2.44. The fourth-order valence-corrected chi connectivity index (χ4v) is 3.99. The zero-order chi connectivity index (χ0) is 23.9. The second-order valence-electron chi connectivity index (χ2n) is 8.80. The number of hydrogen-bond acceptors (Lipinski definition) is 7. The molecule has 5 atom stereocenters. The molecule has 3 N–H and O–H groups in total. The largest absolute Gasteiger partial charge is 0.457 e. The average molecular weight is 453 g/mol. The van der Waals surface area contributed by atoms with Gasteiger partial charge in [0.15, 0.2) is 6.17 Å². The Hall–Kier alpha value is -2.49. The Kier molecular flexibility index (Phi) is 9.18. The number of aromatic nitrogens is 2. The molecule has 10 nitrogen and oxygen atoms in total. The molecule has 1 fully saturated rings. The minimum atomic E-state index is -1.84. The van der Waals surface area contributed by atoms with Gasteiger partial charge in [-0.05, 0) is 43.2 Å². The van der Waals surface area contributed by atoms with E-state index in [2.05, 4.69) is 15.0 Å². The van der Waals surface area contributed by atoms with Crippen molar-refractivity contribution in [3.05, 3.63) is 38.9 Å². The summed E-state index contributed by atoms with van der Waals surface area (Å²) >= 11 is 0. The lowest BCUT2D eigenvalue weighted by atomic mass is 9.69. The number of alkyl halides is 1. The third kappa shape index (κ3) is 5.65. The minimum Gasteiger partial charge on any atom is -0.457 e. The van der Waals surface area contributed by atoms with E-state index in [1.807, 2.05) is 6.92 Å². The molecule has 0 aromatic carbocycles. The summed E-state index contributed by atoms with van der Waals surface area (Å²) in [6, 6.07) is -0.248. The molecule has 0 bridgehead atoms. The van der Waals surface area contributed by atoms with Crippen LogP contribution in [0.2, 0.25) is 0 Å². The van der Waals surface area contributed by atoms with Gasteiger partial charge in [-0.15, -0.1) is 0 Å². The van der Waals surface area contributed by atoms with E-state index in [0.29, 0.717) is 12.1 Å². The number of nitrogens with zero attached hydrogens (tertiary/aromatic N) is 5. The molecule has 0 spiro atoms. The van der Waals surface area contributed by atoms with Crippen LogP contribution in [0.1, 0.15) is 58.2 Å². The first-order valence-corrected chi connectivity index (χ1v) is 11.0. The van der Waals surface area contributed by atoms with Gasteiger partial charge in [0, 0.05) is 28.8 Å². The van der Waals surface area contributed by atoms with Crippen molar-refractivity contribution in [3.63, 3.8) is 0 Å². The third-order valence-corrected chi connectivity index (χ3v) is 6.23. The molecule has 32 heavy (non-hydrogen) atoms. The minimum absolute atomic E-state index is 0.169. The van der Waals surface area contributed by atoms with Gasteiger partial charge in [0.05, 0.1) is 12.6 Å². The quantitative estimate of drug-likeness (QED) is 0.240. The molecule has 1 heterocycles. The highest BCUT2D eigenvalue weighted by molar-refractivity contribution is 5.76. The molecule has 0 saturated heterocycles. The molecule has 178 valence electrons. The molecule has 1 aromatic rings. The van der Waals surface area contributed by atoms with Crippen LogP contribution in [0.5, 0.6) is 0 Å². The van der Waals surface area contributed by atoms with E-state index in [9.17, 15) is 14.7 Å². The van der Waals surface area contributed by atoms with Gasteiger partial charge in [-0.1, -0.05) is 32.3 Å². The van der Waals surface area contributed by atoms with Crippen LogP contribution < -0.4 is 11.4 Å². The van der Waals surface area contributed by atoms with Gasteiger partial charge >= 0.3 is 11.7 Å². The number of unbranched alkanes of at least 4 members (excludes halogenated alkanes) is 1. The van der Waals surface area contributed by atoms with Crippen LogP contribution >= 0.6 is 0 Å². The van der Waals surface area contributed by atoms with Gasteiger partial charge in [0.25, 0.3) is 0 Å². The number of azide groups is 1. The fraction of sp³-hybridized carbons (Fsp3) is 0.762. The van der Waals surface area contributed by atoms with Crippen molar-refractivity contribution in [1.29, 1.82) is 0 Å². The summed E-state index contributed by atoms with van der Waals surface area (Å²) in [7, 11) is 0. The summed E-state index contributed by atoms with van der Waals surface area (Å²) in [5, 5.41) is 13.6. The van der Waals surface area contributed by atoms with E-state index in [1.165, 1.54) is 10.8 Å². The molecule has 1 saturated carbocycles. The van der Waals surface area contributed by atoms with E-state index in [-0.39, 0.29) is 25.3 Å². The van der Waals surface area contributed by atoms with Gasteiger partial charge in [-0.3, -0.25) is 9.36 Å². The van der Waals surface area contributed by atoms with E-state index in [0.717, 1.165) is 12.8 Å². The number of esters is 1. The number of nitrogens with two attached hydrogens (primary N) is 1. The second-order valence-corrected chi connectivity index (χ2v) is 8.80. The molecule has 0 amide bonds. The summed E-state index contributed by atoms with van der Waals surface area (Å²) < 4.78 is 22.6. The number of aliphatic hydroxyl groups is 1. The van der Waals surface area contributed by atoms with Gasteiger partial charge in [-0.2, -0.15) is 4.98 Å². The number of carbonyl (C=O) groups excluding carboxylic acids is 1. The molecule has 1 aromatic heterocycles. The van der Waals surface area contributed by atoms with Crippen molar-refractivity contribution in [2.75, 3.05) is 13.2 Å². The lowest BCUT2D eigenvalue weighted by molar-refractivity contribution is -0.177. The molecule has 2 rings (SSSR count). The Bertz CT molecular complexity index is 887. The van der Waals surface area contributed by atoms with Gasteiger partial charge < -0.3 is 15.6 Å². The van der Waals surface area contributed by atoms with Crippen LogP contribution in [0.15, 0.2) is 22.2 Å². The first kappa shape index (κ1) is 25.8. The number of hydrogen-bond donors (Lipinski definition) is 2. The maximum absolute atomic E-state index is 15.9. The molecule has 1 aliphatic rings. The first-order chi connectivity index (χ1) is 15.2. The standard InChI is InChI=1S/C21H33FN6O4/c1-4-5-6-14-8-10-28(20(31)26-14)15-7-9-21(12-29,11-25-27-24)18(16(15)22)32-19(30)17(23)13(2)3/h8,10,13,15-18,29H,4-7,9,11-12,23H2,1-3H3/t15-,16+,17+,18+,21+/m1/s1. The highest BCUT2D eigenvalue weighted by Gasteiger charge is 2.53. The Morgan fingerprint density at radius 3 is 2.84 bits per heavy atom. The van der Waals surface area contributed by atoms with E-state index in [1.54, 1.807) is 19.9 Å². The van der Waals surface area contributed by atoms with Crippen molar-refractivity contribution in [1.82, 2.24) is 9.55 Å². The molecule has 0 aliphatic heterocycles. The van der Waals surface area contributed by atoms with Gasteiger partial charge in [0.1, 0.15) is 12.1 Å². The van der Waals surface area contributed by atoms with Crippen molar-refractivity contribution in [2.24, 2.45) is 22.2 Å². The highest BCUT2D eigenvalue weighted by Crippen LogP contribution is 2.44. The number of halogens is 1. The maximum Gasteiger partial charge on any atom is 0.348 e. The van der Waals surface area contributed by atoms with E-state index >= 15 is 4.39 Å². The van der Waals surface area contributed by atoms with Crippen LogP contribution in [0.4, 0.5) is 4.39 Å². The lowest BCUT2D eigenvalue weighted by Gasteiger charge is -2.46. The Morgan fingerprint density at radius 1 is 1.56 bits per heavy atom. The van der Waals surface area contributed by atoms with Crippen LogP contribution in [-0.4, -0.2) is 52.1 Å². The first-order valence-electron chi connectivity index (χ1n) is 11.0. The molecular weight excluding hydrogens is 419 g/mol. The topological polar surface area (TPSA) is 156 Å². The van der Waals surface area contributed by atoms with E-state index in [4.69, 9.17) is 16.0 Å². The Balaban J connectivity index is 2.39. The fourth-order valence-electron chi connectivity index (χ4n) is 3.99. The monoisotopic (exact) mass is 452 g/mol. The Morgan fingerprint density at radius 2 is 2.28 bits per heavy atom. The molecule has 0 radical (unpaired) electrons. The van der Waals surface area contributed by atoms with Crippen LogP contribution in [0.25, 0.3) is 10.4 Å². The third-order valence-electron chi connectivity index (χ3n) is 6.23. The number of carbonyl (C=O) groups is 1. The molecular formula is C21H33FN6O4. The summed E-state index contributed by atoms with van der Waals surface area (Å²) in [6.45, 7) is 4.68. The predicted molar refractivity (Wildman–Crippen MR) is 117 cm³/mol. The SMILES string of the molecule is CCCCc1ccn([C@@H]2CC[C@@](CO)(CN=[N+]=[N-])[C@@H](OC(=O)[C@@H](N)C(C)C)[C@H]2F)c(=O)n1. The van der Waals surface area contributed by atoms with Crippen molar-refractivity contribution in [3.8, 4) is 0 Å². The molecule has 1 aliphatic carbocycles. The van der Waals surface area contributed by atoms with Crippen LogP contribution in [0, 0.1) is 11.3 Å². The number of aliphatic hydroxyl groups excluding tert-OH is 1. The lowest BCUT2D eigenvalue weighted by Crippen LogP contribution is -2.57. The zero-order valence-electron chi connectivity index (χ0n) is 18.9. The summed E-state index contributed by atoms with van der Waals surface area (Å²) in [6.07, 6.45) is 1.07. The Labute approximate surface area is 186 Å². The number of ether oxygens (including phenoxy) is 1. The van der Waals surface area contributed by atoms with E-state index < -0.39 is 48.0 Å². The normalized spacial score (nSPS) is 26.4. The molecule has 11 heteroatoms. The van der Waals surface area contributed by atoms with Crippen molar-refractivity contribution >= 4 is 5.97 Å². The average Bonchev–Trinajstić information content (AvgIpc) is 2.78. The van der Waals surface area contributed by atoms with Gasteiger partial charge in [0.2, 0.25) is 0 Å².